The first-order chi connectivity index (χ1) is 13.2. The van der Waals surface area contributed by atoms with Crippen LogP contribution in [0.5, 0.6) is 5.75 Å². The average molecular weight is 449 g/mol. The highest BCUT2D eigenvalue weighted by atomic mass is 32.3. The van der Waals surface area contributed by atoms with Crippen LogP contribution in [0.15, 0.2) is 0 Å². The second-order valence-electron chi connectivity index (χ2n) is 8.12. The van der Waals surface area contributed by atoms with E-state index in [0.717, 1.165) is 16.8 Å². The summed E-state index contributed by atoms with van der Waals surface area (Å²) < 4.78 is 45.6. The van der Waals surface area contributed by atoms with E-state index in [1.807, 2.05) is 27.7 Å². The zero-order valence-corrected chi connectivity index (χ0v) is 19.4. The maximum absolute atomic E-state index is 13.3. The predicted molar refractivity (Wildman–Crippen MR) is 114 cm³/mol. The molecule has 0 N–H and O–H groups in total. The molecular weight excluding hydrogens is 419 g/mol. The maximum atomic E-state index is 13.3. The van der Waals surface area contributed by atoms with Crippen LogP contribution in [0.25, 0.3) is 0 Å². The Balaban J connectivity index is 2.34. The van der Waals surface area contributed by atoms with Gasteiger partial charge in [-0.1, -0.05) is 3.89 Å². The summed E-state index contributed by atoms with van der Waals surface area (Å²) in [5.74, 6) is 0.345. The van der Waals surface area contributed by atoms with E-state index in [4.69, 9.17) is 4.74 Å². The number of ether oxygens (including phenoxy) is 1. The van der Waals surface area contributed by atoms with E-state index >= 15 is 0 Å². The van der Waals surface area contributed by atoms with Crippen LogP contribution in [0.4, 0.5) is 14.4 Å². The van der Waals surface area contributed by atoms with Gasteiger partial charge in [0.1, 0.15) is 5.60 Å². The summed E-state index contributed by atoms with van der Waals surface area (Å²) in [4.78, 5) is 16.0. The van der Waals surface area contributed by atoms with Gasteiger partial charge in [-0.05, 0) is 58.2 Å². The molecule has 1 amide bonds. The lowest BCUT2D eigenvalue weighted by Crippen LogP contribution is -2.50. The van der Waals surface area contributed by atoms with Gasteiger partial charge in [0.15, 0.2) is 5.75 Å². The summed E-state index contributed by atoms with van der Waals surface area (Å²) >= 11 is 4.35. The minimum atomic E-state index is -5.16. The summed E-state index contributed by atoms with van der Waals surface area (Å²) in [6.07, 6.45) is -0.363. The summed E-state index contributed by atoms with van der Waals surface area (Å²) in [6, 6.07) is 0. The fraction of sp³-hybridized carbons (Fsp3) is 0.632. The average Bonchev–Trinajstić information content (AvgIpc) is 2.57. The number of anilines is 1. The molecule has 1 aliphatic rings. The van der Waals surface area contributed by atoms with Gasteiger partial charge in [-0.15, -0.1) is 0 Å². The Morgan fingerprint density at radius 2 is 1.62 bits per heavy atom. The molecule has 1 aromatic carbocycles. The number of hydrogen-bond donors (Lipinski definition) is 1. The molecule has 1 aromatic rings. The molecule has 0 unspecified atom stereocenters. The number of carbonyl (C=O) groups is 1. The van der Waals surface area contributed by atoms with E-state index in [1.165, 1.54) is 0 Å². The monoisotopic (exact) mass is 448 g/mol. The van der Waals surface area contributed by atoms with E-state index in [0.29, 0.717) is 43.1 Å². The van der Waals surface area contributed by atoms with E-state index in [-0.39, 0.29) is 11.8 Å². The quantitative estimate of drug-likeness (QED) is 0.559. The molecule has 0 saturated carbocycles. The predicted octanol–water partition coefficient (Wildman–Crippen LogP) is 3.69. The molecule has 1 aliphatic heterocycles. The molecule has 0 aliphatic carbocycles. The van der Waals surface area contributed by atoms with Crippen LogP contribution >= 0.6 is 12.6 Å². The fourth-order valence-corrected chi connectivity index (χ4v) is 4.53. The van der Waals surface area contributed by atoms with Crippen LogP contribution < -0.4 is 9.08 Å². The van der Waals surface area contributed by atoms with Crippen molar-refractivity contribution in [3.05, 3.63) is 22.3 Å². The third-order valence-corrected chi connectivity index (χ3v) is 5.57. The molecule has 1 heterocycles. The lowest BCUT2D eigenvalue weighted by molar-refractivity contribution is 0.0240. The first kappa shape index (κ1) is 23.6. The lowest BCUT2D eigenvalue weighted by Gasteiger charge is -2.38. The standard InChI is InChI=1S/C19H29FN2O5S2/c1-12-15(11-28)13(2)17(27-29(20,24)25)14(3)16(12)21-7-9-22(10-8-21)18(23)26-19(4,5)6/h28H,7-11H2,1-6H3. The number of benzene rings is 1. The largest absolute Gasteiger partial charge is 0.488 e. The summed E-state index contributed by atoms with van der Waals surface area (Å²) in [5, 5.41) is 0. The molecule has 2 rings (SSSR count). The summed E-state index contributed by atoms with van der Waals surface area (Å²) in [5.41, 5.74) is 3.03. The molecule has 164 valence electrons. The molecule has 1 saturated heterocycles. The van der Waals surface area contributed by atoms with Gasteiger partial charge >= 0.3 is 16.6 Å². The highest BCUT2D eigenvalue weighted by Gasteiger charge is 2.29. The van der Waals surface area contributed by atoms with Crippen LogP contribution in [0.2, 0.25) is 0 Å². The first-order valence-corrected chi connectivity index (χ1v) is 11.3. The molecule has 0 bridgehead atoms. The summed E-state index contributed by atoms with van der Waals surface area (Å²) in [7, 11) is -5.16. The van der Waals surface area contributed by atoms with Gasteiger partial charge < -0.3 is 18.7 Å². The van der Waals surface area contributed by atoms with Crippen LogP contribution in [0.3, 0.4) is 0 Å². The van der Waals surface area contributed by atoms with Crippen LogP contribution in [0.1, 0.15) is 43.0 Å². The van der Waals surface area contributed by atoms with Gasteiger partial charge in [0.2, 0.25) is 0 Å². The van der Waals surface area contributed by atoms with E-state index in [1.54, 1.807) is 18.7 Å². The second-order valence-corrected chi connectivity index (χ2v) is 9.39. The zero-order valence-electron chi connectivity index (χ0n) is 17.7. The van der Waals surface area contributed by atoms with Crippen molar-refractivity contribution in [2.75, 3.05) is 31.1 Å². The molecule has 29 heavy (non-hydrogen) atoms. The Bertz CT molecular complexity index is 889. The minimum absolute atomic E-state index is 0.00766. The topological polar surface area (TPSA) is 76.2 Å². The van der Waals surface area contributed by atoms with Crippen LogP contribution in [-0.4, -0.2) is 51.2 Å². The Morgan fingerprint density at radius 3 is 2.07 bits per heavy atom. The first-order valence-electron chi connectivity index (χ1n) is 9.35. The van der Waals surface area contributed by atoms with Crippen molar-refractivity contribution in [2.24, 2.45) is 0 Å². The van der Waals surface area contributed by atoms with E-state index in [2.05, 4.69) is 21.7 Å². The fourth-order valence-electron chi connectivity index (χ4n) is 3.61. The normalized spacial score (nSPS) is 15.4. The number of rotatable bonds is 4. The highest BCUT2D eigenvalue weighted by Crippen LogP contribution is 2.40. The van der Waals surface area contributed by atoms with Gasteiger partial charge in [-0.2, -0.15) is 21.0 Å². The van der Waals surface area contributed by atoms with Crippen molar-refractivity contribution in [3.8, 4) is 5.75 Å². The molecule has 7 nitrogen and oxygen atoms in total. The number of nitrogens with zero attached hydrogens (tertiary/aromatic N) is 2. The zero-order chi connectivity index (χ0) is 22.1. The van der Waals surface area contributed by atoms with Crippen molar-refractivity contribution in [2.45, 2.75) is 52.9 Å². The third kappa shape index (κ3) is 5.69. The van der Waals surface area contributed by atoms with Gasteiger partial charge in [-0.25, -0.2) is 4.79 Å². The molecule has 1 fully saturated rings. The van der Waals surface area contributed by atoms with Crippen molar-refractivity contribution in [1.29, 1.82) is 0 Å². The number of amides is 1. The number of piperazine rings is 1. The van der Waals surface area contributed by atoms with Crippen molar-refractivity contribution >= 4 is 34.9 Å². The van der Waals surface area contributed by atoms with Gasteiger partial charge in [0.25, 0.3) is 0 Å². The van der Waals surface area contributed by atoms with Crippen LogP contribution in [-0.2, 0) is 21.0 Å². The Labute approximate surface area is 178 Å². The van der Waals surface area contributed by atoms with E-state index < -0.39 is 16.1 Å². The highest BCUT2D eigenvalue weighted by molar-refractivity contribution is 7.81. The van der Waals surface area contributed by atoms with Gasteiger partial charge in [0.05, 0.1) is 0 Å². The number of thiol groups is 1. The summed E-state index contributed by atoms with van der Waals surface area (Å²) in [6.45, 7) is 12.7. The van der Waals surface area contributed by atoms with Crippen molar-refractivity contribution in [1.82, 2.24) is 4.90 Å². The minimum Gasteiger partial charge on any atom is -0.444 e. The number of hydrogen-bond acceptors (Lipinski definition) is 7. The second kappa shape index (κ2) is 8.59. The Hall–Kier alpha value is -1.68. The Morgan fingerprint density at radius 1 is 1.07 bits per heavy atom. The smallest absolute Gasteiger partial charge is 0.444 e. The van der Waals surface area contributed by atoms with E-state index in [9.17, 15) is 17.1 Å². The van der Waals surface area contributed by atoms with Gasteiger partial charge in [0, 0.05) is 43.2 Å². The molecule has 0 spiro atoms. The number of carbonyl (C=O) groups excluding carboxylic acids is 1. The van der Waals surface area contributed by atoms with Crippen LogP contribution in [0, 0.1) is 20.8 Å². The van der Waals surface area contributed by atoms with Gasteiger partial charge in [-0.3, -0.25) is 0 Å². The molecule has 10 heteroatoms. The SMILES string of the molecule is Cc1c(CS)c(C)c(N2CCN(C(=O)OC(C)(C)C)CC2)c(C)c1OS(=O)(=O)F. The Kier molecular flexibility index (Phi) is 6.99. The lowest BCUT2D eigenvalue weighted by atomic mass is 9.95. The molecule has 0 radical (unpaired) electrons. The molecule has 0 atom stereocenters. The maximum Gasteiger partial charge on any atom is 0.488 e. The molecule has 0 aromatic heterocycles. The molecular formula is C19H29FN2O5S2. The van der Waals surface area contributed by atoms with Crippen molar-refractivity contribution < 1.29 is 26.0 Å². The third-order valence-electron chi connectivity index (χ3n) is 4.89. The van der Waals surface area contributed by atoms with Crippen molar-refractivity contribution in [3.63, 3.8) is 0 Å². The number of halogens is 1.